The van der Waals surface area contributed by atoms with Crippen molar-refractivity contribution >= 4 is 23.2 Å². The summed E-state index contributed by atoms with van der Waals surface area (Å²) in [4.78, 5) is 29.4. The van der Waals surface area contributed by atoms with Crippen LogP contribution in [0.4, 0.5) is 5.69 Å². The number of hydrogen-bond donors (Lipinski definition) is 0. The lowest BCUT2D eigenvalue weighted by atomic mass is 9.74. The maximum atomic E-state index is 13.9. The fourth-order valence-electron chi connectivity index (χ4n) is 5.32. The van der Waals surface area contributed by atoms with Crippen molar-refractivity contribution in [3.05, 3.63) is 154 Å². The molecule has 0 fully saturated rings. The minimum absolute atomic E-state index is 0.101. The Morgan fingerprint density at radius 1 is 0.625 bits per heavy atom. The molecule has 200 valence electrons. The van der Waals surface area contributed by atoms with Crippen molar-refractivity contribution in [3.8, 4) is 0 Å². The summed E-state index contributed by atoms with van der Waals surface area (Å²) >= 11 is 0. The molecule has 0 amide bonds. The fourth-order valence-corrected chi connectivity index (χ4v) is 5.32. The molecule has 0 N–H and O–H groups in total. The molecular formula is C35H31NO4. The van der Waals surface area contributed by atoms with E-state index in [0.29, 0.717) is 5.57 Å². The monoisotopic (exact) mass is 529 g/mol. The lowest BCUT2D eigenvalue weighted by Crippen LogP contribution is -2.50. The number of benzene rings is 4. The van der Waals surface area contributed by atoms with Gasteiger partial charge in [0.05, 0.1) is 19.8 Å². The first kappa shape index (κ1) is 26.7. The van der Waals surface area contributed by atoms with Gasteiger partial charge in [0.2, 0.25) is 0 Å². The molecule has 5 heteroatoms. The summed E-state index contributed by atoms with van der Waals surface area (Å²) in [6, 6.07) is 35.8. The molecule has 1 heterocycles. The Kier molecular flexibility index (Phi) is 7.39. The molecule has 5 rings (SSSR count). The van der Waals surface area contributed by atoms with Crippen LogP contribution in [0.5, 0.6) is 0 Å². The van der Waals surface area contributed by atoms with E-state index in [1.165, 1.54) is 14.2 Å². The molecule has 4 aromatic carbocycles. The highest BCUT2D eigenvalue weighted by molar-refractivity contribution is 6.16. The second-order valence-corrected chi connectivity index (χ2v) is 9.80. The maximum absolute atomic E-state index is 13.9. The van der Waals surface area contributed by atoms with E-state index in [-0.39, 0.29) is 11.3 Å². The van der Waals surface area contributed by atoms with Gasteiger partial charge in [0, 0.05) is 5.69 Å². The number of carbonyl (C=O) groups excluding carboxylic acids is 2. The molecule has 0 bridgehead atoms. The van der Waals surface area contributed by atoms with Gasteiger partial charge in [-0.1, -0.05) is 108 Å². The molecule has 0 aromatic heterocycles. The number of carbonyl (C=O) groups is 2. The van der Waals surface area contributed by atoms with Crippen LogP contribution in [-0.4, -0.2) is 26.2 Å². The van der Waals surface area contributed by atoms with Crippen molar-refractivity contribution < 1.29 is 19.1 Å². The number of methoxy groups -OCH3 is 2. The molecular weight excluding hydrogens is 498 g/mol. The van der Waals surface area contributed by atoms with Crippen LogP contribution >= 0.6 is 0 Å². The van der Waals surface area contributed by atoms with Gasteiger partial charge in [-0.2, -0.15) is 0 Å². The van der Waals surface area contributed by atoms with Gasteiger partial charge >= 0.3 is 11.9 Å². The summed E-state index contributed by atoms with van der Waals surface area (Å²) in [5, 5.41) is 0. The van der Waals surface area contributed by atoms with Gasteiger partial charge in [-0.25, -0.2) is 9.59 Å². The Balaban J connectivity index is 2.00. The zero-order valence-electron chi connectivity index (χ0n) is 23.0. The Morgan fingerprint density at radius 2 is 1.10 bits per heavy atom. The molecule has 0 aliphatic carbocycles. The average Bonchev–Trinajstić information content (AvgIpc) is 3.01. The van der Waals surface area contributed by atoms with Crippen LogP contribution in [0.3, 0.4) is 0 Å². The van der Waals surface area contributed by atoms with E-state index < -0.39 is 17.5 Å². The normalized spacial score (nSPS) is 14.4. The van der Waals surface area contributed by atoms with Crippen molar-refractivity contribution in [2.24, 2.45) is 0 Å². The quantitative estimate of drug-likeness (QED) is 0.259. The minimum Gasteiger partial charge on any atom is -0.465 e. The van der Waals surface area contributed by atoms with Gasteiger partial charge in [-0.15, -0.1) is 0 Å². The molecule has 5 nitrogen and oxygen atoms in total. The number of nitrogens with zero attached hydrogens (tertiary/aromatic N) is 1. The van der Waals surface area contributed by atoms with Crippen LogP contribution in [0.25, 0.3) is 5.57 Å². The molecule has 0 saturated carbocycles. The van der Waals surface area contributed by atoms with Crippen molar-refractivity contribution in [3.63, 3.8) is 0 Å². The van der Waals surface area contributed by atoms with E-state index in [1.54, 1.807) is 0 Å². The van der Waals surface area contributed by atoms with Crippen molar-refractivity contribution in [1.82, 2.24) is 0 Å². The van der Waals surface area contributed by atoms with E-state index in [0.717, 1.165) is 33.5 Å². The van der Waals surface area contributed by atoms with Crippen molar-refractivity contribution in [2.75, 3.05) is 19.1 Å². The van der Waals surface area contributed by atoms with E-state index in [4.69, 9.17) is 9.47 Å². The Morgan fingerprint density at radius 3 is 1.57 bits per heavy atom. The summed E-state index contributed by atoms with van der Waals surface area (Å²) < 4.78 is 10.7. The topological polar surface area (TPSA) is 55.8 Å². The summed E-state index contributed by atoms with van der Waals surface area (Å²) in [6.45, 7) is 4.02. The molecule has 0 atom stereocenters. The predicted molar refractivity (Wildman–Crippen MR) is 158 cm³/mol. The smallest absolute Gasteiger partial charge is 0.355 e. The van der Waals surface area contributed by atoms with Crippen LogP contribution in [0.1, 0.15) is 27.8 Å². The molecule has 40 heavy (non-hydrogen) atoms. The molecule has 1 aliphatic rings. The molecule has 0 saturated heterocycles. The Bertz CT molecular complexity index is 1550. The van der Waals surface area contributed by atoms with Crippen LogP contribution < -0.4 is 4.90 Å². The standard InChI is InChI=1S/C35H31NO4/c1-24-15-19-26(20-16-24)30-23-35(27-11-7-5-8-12-27,28-13-9-6-10-14-28)36(29-21-17-25(2)18-22-29)32(34(38)40-4)31(30)33(37)39-3/h5-23H,1-4H3. The number of esters is 2. The maximum Gasteiger partial charge on any atom is 0.355 e. The zero-order chi connectivity index (χ0) is 28.3. The van der Waals surface area contributed by atoms with Gasteiger partial charge < -0.3 is 14.4 Å². The van der Waals surface area contributed by atoms with Gasteiger partial charge in [0.1, 0.15) is 11.2 Å². The Hall–Kier alpha value is -4.90. The molecule has 4 aromatic rings. The fraction of sp³-hybridized carbons (Fsp3) is 0.143. The van der Waals surface area contributed by atoms with Crippen LogP contribution in [0.15, 0.2) is 127 Å². The molecule has 0 radical (unpaired) electrons. The largest absolute Gasteiger partial charge is 0.465 e. The van der Waals surface area contributed by atoms with E-state index in [1.807, 2.05) is 128 Å². The van der Waals surface area contributed by atoms with Crippen LogP contribution in [-0.2, 0) is 24.6 Å². The number of aryl methyl sites for hydroxylation is 2. The van der Waals surface area contributed by atoms with E-state index in [2.05, 4.69) is 6.08 Å². The van der Waals surface area contributed by atoms with E-state index in [9.17, 15) is 9.59 Å². The third-order valence-corrected chi connectivity index (χ3v) is 7.29. The van der Waals surface area contributed by atoms with Gasteiger partial charge in [0.25, 0.3) is 0 Å². The third kappa shape index (κ3) is 4.60. The molecule has 0 unspecified atom stereocenters. The van der Waals surface area contributed by atoms with E-state index >= 15 is 0 Å². The minimum atomic E-state index is -1.03. The third-order valence-electron chi connectivity index (χ3n) is 7.29. The highest BCUT2D eigenvalue weighted by Crippen LogP contribution is 2.50. The first-order chi connectivity index (χ1) is 19.4. The molecule has 0 spiro atoms. The predicted octanol–water partition coefficient (Wildman–Crippen LogP) is 6.75. The second kappa shape index (κ2) is 11.1. The average molecular weight is 530 g/mol. The highest BCUT2D eigenvalue weighted by Gasteiger charge is 2.49. The number of hydrogen-bond acceptors (Lipinski definition) is 5. The van der Waals surface area contributed by atoms with Gasteiger partial charge in [0.15, 0.2) is 0 Å². The van der Waals surface area contributed by atoms with Crippen LogP contribution in [0, 0.1) is 13.8 Å². The molecule has 1 aliphatic heterocycles. The van der Waals surface area contributed by atoms with Crippen molar-refractivity contribution in [2.45, 2.75) is 19.4 Å². The first-order valence-electron chi connectivity index (χ1n) is 13.1. The zero-order valence-corrected chi connectivity index (χ0v) is 23.0. The number of ether oxygens (including phenoxy) is 2. The Labute approximate surface area is 235 Å². The van der Waals surface area contributed by atoms with Crippen molar-refractivity contribution in [1.29, 1.82) is 0 Å². The second-order valence-electron chi connectivity index (χ2n) is 9.80. The number of rotatable bonds is 6. The van der Waals surface area contributed by atoms with Crippen LogP contribution in [0.2, 0.25) is 0 Å². The first-order valence-corrected chi connectivity index (χ1v) is 13.1. The number of anilines is 1. The van der Waals surface area contributed by atoms with Gasteiger partial charge in [-0.05, 0) is 54.3 Å². The SMILES string of the molecule is COC(=O)C1=C(C(=O)OC)N(c2ccc(C)cc2)C(c2ccccc2)(c2ccccc2)C=C1c1ccc(C)cc1. The highest BCUT2D eigenvalue weighted by atomic mass is 16.5. The lowest BCUT2D eigenvalue weighted by Gasteiger charge is -2.48. The lowest BCUT2D eigenvalue weighted by molar-refractivity contribution is -0.139. The summed E-state index contributed by atoms with van der Waals surface area (Å²) in [6.07, 6.45) is 2.07. The summed E-state index contributed by atoms with van der Waals surface area (Å²) in [5.74, 6) is -1.27. The summed E-state index contributed by atoms with van der Waals surface area (Å²) in [5.41, 5.74) is 5.28. The summed E-state index contributed by atoms with van der Waals surface area (Å²) in [7, 11) is 2.65. The van der Waals surface area contributed by atoms with Gasteiger partial charge in [-0.3, -0.25) is 0 Å².